The summed E-state index contributed by atoms with van der Waals surface area (Å²) in [5, 5.41) is 22.2. The first kappa shape index (κ1) is 20.4. The predicted molar refractivity (Wildman–Crippen MR) is 114 cm³/mol. The van der Waals surface area contributed by atoms with E-state index in [4.69, 9.17) is 4.42 Å². The molecule has 0 unspecified atom stereocenters. The first-order valence-corrected chi connectivity index (χ1v) is 9.61. The van der Waals surface area contributed by atoms with Gasteiger partial charge in [0, 0.05) is 23.6 Å². The molecule has 0 saturated carbocycles. The smallest absolute Gasteiger partial charge is 0.336 e. The Morgan fingerprint density at radius 1 is 1.10 bits per heavy atom. The van der Waals surface area contributed by atoms with E-state index in [1.165, 1.54) is 6.07 Å². The molecule has 0 saturated heterocycles. The topological polar surface area (TPSA) is 87.7 Å². The standard InChI is InChI=1S/C24H24O5/c1-4-8-18(25)21-23(28)16(12-11-14(2)3)22(27)20-17(13-19(26)29-24(20)21)15-9-6-5-7-10-15/h5-7,9-11,13,27-28H,4,8,12H2,1-3H3. The van der Waals surface area contributed by atoms with E-state index in [1.807, 2.05) is 57.2 Å². The van der Waals surface area contributed by atoms with Gasteiger partial charge in [-0.25, -0.2) is 4.79 Å². The zero-order valence-corrected chi connectivity index (χ0v) is 16.8. The van der Waals surface area contributed by atoms with Gasteiger partial charge in [-0.2, -0.15) is 0 Å². The number of allylic oxidation sites excluding steroid dienone is 2. The zero-order chi connectivity index (χ0) is 21.1. The number of rotatable bonds is 6. The van der Waals surface area contributed by atoms with Crippen molar-refractivity contribution >= 4 is 16.8 Å². The molecule has 150 valence electrons. The SMILES string of the molecule is CCCC(=O)c1c(O)c(CC=C(C)C)c(O)c2c(-c3ccccc3)cc(=O)oc12. The molecule has 0 fully saturated rings. The summed E-state index contributed by atoms with van der Waals surface area (Å²) in [6.07, 6.45) is 2.87. The van der Waals surface area contributed by atoms with E-state index in [9.17, 15) is 19.8 Å². The van der Waals surface area contributed by atoms with Crippen LogP contribution in [0.15, 0.2) is 57.3 Å². The third-order valence-electron chi connectivity index (χ3n) is 4.79. The van der Waals surface area contributed by atoms with Crippen molar-refractivity contribution < 1.29 is 19.4 Å². The van der Waals surface area contributed by atoms with E-state index in [0.29, 0.717) is 17.5 Å². The van der Waals surface area contributed by atoms with Crippen LogP contribution in [0.5, 0.6) is 11.5 Å². The summed E-state index contributed by atoms with van der Waals surface area (Å²) in [6.45, 7) is 5.67. The monoisotopic (exact) mass is 392 g/mol. The molecule has 29 heavy (non-hydrogen) atoms. The molecule has 5 nitrogen and oxygen atoms in total. The molecule has 0 spiro atoms. The lowest BCUT2D eigenvalue weighted by Gasteiger charge is -2.16. The number of fused-ring (bicyclic) bond motifs is 1. The van der Waals surface area contributed by atoms with E-state index in [-0.39, 0.29) is 52.2 Å². The van der Waals surface area contributed by atoms with E-state index < -0.39 is 5.63 Å². The van der Waals surface area contributed by atoms with Crippen LogP contribution in [-0.2, 0) is 6.42 Å². The van der Waals surface area contributed by atoms with Crippen LogP contribution in [0.3, 0.4) is 0 Å². The quantitative estimate of drug-likeness (QED) is 0.335. The van der Waals surface area contributed by atoms with Gasteiger partial charge < -0.3 is 14.6 Å². The summed E-state index contributed by atoms with van der Waals surface area (Å²) in [4.78, 5) is 25.1. The molecule has 2 aromatic carbocycles. The van der Waals surface area contributed by atoms with Crippen LogP contribution in [0, 0.1) is 0 Å². The van der Waals surface area contributed by atoms with Crippen LogP contribution in [0.4, 0.5) is 0 Å². The summed E-state index contributed by atoms with van der Waals surface area (Å²) in [5.74, 6) is -0.855. The third kappa shape index (κ3) is 3.94. The van der Waals surface area contributed by atoms with Crippen molar-refractivity contribution in [3.05, 3.63) is 69.6 Å². The van der Waals surface area contributed by atoms with Crippen LogP contribution >= 0.6 is 0 Å². The van der Waals surface area contributed by atoms with Gasteiger partial charge in [0.25, 0.3) is 0 Å². The minimum absolute atomic E-state index is 0.0494. The lowest BCUT2D eigenvalue weighted by Crippen LogP contribution is -2.07. The Hall–Kier alpha value is -3.34. The number of ketones is 1. The molecular formula is C24H24O5. The Morgan fingerprint density at radius 2 is 1.79 bits per heavy atom. The average Bonchev–Trinajstić information content (AvgIpc) is 2.67. The maximum atomic E-state index is 12.8. The van der Waals surface area contributed by atoms with E-state index >= 15 is 0 Å². The van der Waals surface area contributed by atoms with E-state index in [0.717, 1.165) is 5.57 Å². The molecule has 3 aromatic rings. The zero-order valence-electron chi connectivity index (χ0n) is 16.8. The van der Waals surface area contributed by atoms with Gasteiger partial charge in [-0.05, 0) is 32.3 Å². The maximum Gasteiger partial charge on any atom is 0.336 e. The number of carbonyl (C=O) groups is 1. The highest BCUT2D eigenvalue weighted by molar-refractivity contribution is 6.13. The van der Waals surface area contributed by atoms with Crippen LogP contribution in [0.2, 0.25) is 0 Å². The average molecular weight is 392 g/mol. The first-order valence-electron chi connectivity index (χ1n) is 9.61. The van der Waals surface area contributed by atoms with Crippen molar-refractivity contribution in [2.45, 2.75) is 40.0 Å². The molecule has 2 N–H and O–H groups in total. The third-order valence-corrected chi connectivity index (χ3v) is 4.79. The lowest BCUT2D eigenvalue weighted by atomic mass is 9.92. The minimum atomic E-state index is -0.655. The van der Waals surface area contributed by atoms with Gasteiger partial charge in [0.2, 0.25) is 0 Å². The summed E-state index contributed by atoms with van der Waals surface area (Å²) in [5.41, 5.74) is 1.62. The predicted octanol–water partition coefficient (Wildman–Crippen LogP) is 5.36. The van der Waals surface area contributed by atoms with Gasteiger partial charge in [-0.3, -0.25) is 4.79 Å². The molecular weight excluding hydrogens is 368 g/mol. The van der Waals surface area contributed by atoms with Gasteiger partial charge in [0.1, 0.15) is 17.1 Å². The van der Waals surface area contributed by atoms with E-state index in [2.05, 4.69) is 0 Å². The molecule has 0 radical (unpaired) electrons. The molecule has 0 bridgehead atoms. The molecule has 0 amide bonds. The Bertz CT molecular complexity index is 1150. The molecule has 0 aliphatic heterocycles. The second-order valence-electron chi connectivity index (χ2n) is 7.26. The fourth-order valence-electron chi connectivity index (χ4n) is 3.38. The van der Waals surface area contributed by atoms with Crippen LogP contribution < -0.4 is 5.63 Å². The Kier molecular flexibility index (Phi) is 5.87. The highest BCUT2D eigenvalue weighted by Gasteiger charge is 2.26. The normalized spacial score (nSPS) is 10.9. The lowest BCUT2D eigenvalue weighted by molar-refractivity contribution is 0.0979. The van der Waals surface area contributed by atoms with Gasteiger partial charge in [0.15, 0.2) is 11.4 Å². The molecule has 5 heteroatoms. The largest absolute Gasteiger partial charge is 0.507 e. The summed E-state index contributed by atoms with van der Waals surface area (Å²) < 4.78 is 5.35. The highest BCUT2D eigenvalue weighted by atomic mass is 16.4. The molecule has 0 aliphatic rings. The Balaban J connectivity index is 2.48. The summed E-state index contributed by atoms with van der Waals surface area (Å²) in [6, 6.07) is 10.4. The molecule has 1 heterocycles. The first-order chi connectivity index (χ1) is 13.8. The Labute approximate surface area is 168 Å². The van der Waals surface area contributed by atoms with E-state index in [1.54, 1.807) is 0 Å². The Morgan fingerprint density at radius 3 is 2.41 bits per heavy atom. The van der Waals surface area contributed by atoms with Gasteiger partial charge >= 0.3 is 5.63 Å². The van der Waals surface area contributed by atoms with Gasteiger partial charge in [-0.1, -0.05) is 48.9 Å². The number of benzene rings is 2. The molecule has 0 aliphatic carbocycles. The highest BCUT2D eigenvalue weighted by Crippen LogP contribution is 2.44. The molecule has 3 rings (SSSR count). The molecule has 0 atom stereocenters. The van der Waals surface area contributed by atoms with Crippen LogP contribution in [-0.4, -0.2) is 16.0 Å². The van der Waals surface area contributed by atoms with Crippen molar-refractivity contribution in [3.8, 4) is 22.6 Å². The second-order valence-corrected chi connectivity index (χ2v) is 7.26. The van der Waals surface area contributed by atoms with Crippen LogP contribution in [0.25, 0.3) is 22.1 Å². The van der Waals surface area contributed by atoms with Crippen molar-refractivity contribution in [1.82, 2.24) is 0 Å². The number of Topliss-reactive ketones (excluding diaryl/α,β-unsaturated/α-hetero) is 1. The number of aromatic hydroxyl groups is 2. The van der Waals surface area contributed by atoms with Crippen LogP contribution in [0.1, 0.15) is 49.5 Å². The molecule has 1 aromatic heterocycles. The summed E-state index contributed by atoms with van der Waals surface area (Å²) >= 11 is 0. The second kappa shape index (κ2) is 8.35. The number of phenolic OH excluding ortho intramolecular Hbond substituents is 2. The van der Waals surface area contributed by atoms with Crippen molar-refractivity contribution in [3.63, 3.8) is 0 Å². The van der Waals surface area contributed by atoms with Crippen molar-refractivity contribution in [2.75, 3.05) is 0 Å². The number of carbonyl (C=O) groups excluding carboxylic acids is 1. The van der Waals surface area contributed by atoms with Gasteiger partial charge in [0.05, 0.1) is 5.39 Å². The van der Waals surface area contributed by atoms with Crippen molar-refractivity contribution in [2.24, 2.45) is 0 Å². The minimum Gasteiger partial charge on any atom is -0.507 e. The van der Waals surface area contributed by atoms with Crippen molar-refractivity contribution in [1.29, 1.82) is 0 Å². The maximum absolute atomic E-state index is 12.8. The number of hydrogen-bond acceptors (Lipinski definition) is 5. The fraction of sp³-hybridized carbons (Fsp3) is 0.250. The van der Waals surface area contributed by atoms with Gasteiger partial charge in [-0.15, -0.1) is 0 Å². The fourth-order valence-corrected chi connectivity index (χ4v) is 3.38. The number of hydrogen-bond donors (Lipinski definition) is 2. The summed E-state index contributed by atoms with van der Waals surface area (Å²) in [7, 11) is 0. The number of phenols is 2.